The van der Waals surface area contributed by atoms with Gasteiger partial charge in [0.1, 0.15) is 0 Å². The Hall–Kier alpha value is 0.110. The van der Waals surface area contributed by atoms with Crippen molar-refractivity contribution in [1.29, 1.82) is 0 Å². The lowest BCUT2D eigenvalue weighted by atomic mass is 10.3. The molecule has 86 valence electrons. The smallest absolute Gasteiger partial charge is 0.290 e. The van der Waals surface area contributed by atoms with Crippen LogP contribution in [0.15, 0.2) is 0 Å². The zero-order valence-corrected chi connectivity index (χ0v) is 10.2. The number of phosphoric ester groups is 1. The van der Waals surface area contributed by atoms with Gasteiger partial charge in [-0.2, -0.15) is 0 Å². The molecular formula is C9H21O4P. The summed E-state index contributed by atoms with van der Waals surface area (Å²) in [7, 11) is -1.91. The molecule has 0 aromatic heterocycles. The molecule has 0 aliphatic heterocycles. The molecule has 0 amide bonds. The first-order chi connectivity index (χ1) is 6.68. The fourth-order valence-electron chi connectivity index (χ4n) is 0.874. The molecule has 0 rings (SSSR count). The number of hydrogen-bond donors (Lipinski definition) is 0. The van der Waals surface area contributed by atoms with Gasteiger partial charge in [-0.1, -0.05) is 26.7 Å². The molecule has 0 fully saturated rings. The Morgan fingerprint density at radius 1 is 1.00 bits per heavy atom. The van der Waals surface area contributed by atoms with Crippen LogP contribution in [0.3, 0.4) is 0 Å². The van der Waals surface area contributed by atoms with E-state index >= 15 is 0 Å². The van der Waals surface area contributed by atoms with Crippen molar-refractivity contribution in [3.8, 4) is 0 Å². The molecular weight excluding hydrogens is 203 g/mol. The third kappa shape index (κ3) is 6.55. The Morgan fingerprint density at radius 3 is 2.14 bits per heavy atom. The van der Waals surface area contributed by atoms with E-state index in [0.29, 0.717) is 13.2 Å². The molecule has 4 nitrogen and oxygen atoms in total. The van der Waals surface area contributed by atoms with Crippen LogP contribution in [0.2, 0.25) is 0 Å². The molecule has 0 saturated carbocycles. The van der Waals surface area contributed by atoms with Crippen LogP contribution in [-0.4, -0.2) is 20.3 Å². The van der Waals surface area contributed by atoms with Gasteiger partial charge in [-0.05, 0) is 12.8 Å². The molecule has 0 aliphatic carbocycles. The molecule has 14 heavy (non-hydrogen) atoms. The lowest BCUT2D eigenvalue weighted by molar-refractivity contribution is 0.129. The zero-order valence-electron chi connectivity index (χ0n) is 9.32. The van der Waals surface area contributed by atoms with Crippen LogP contribution < -0.4 is 0 Å². The summed E-state index contributed by atoms with van der Waals surface area (Å²) in [5.41, 5.74) is 0. The highest BCUT2D eigenvalue weighted by Crippen LogP contribution is 2.48. The topological polar surface area (TPSA) is 44.8 Å². The van der Waals surface area contributed by atoms with Gasteiger partial charge in [0.15, 0.2) is 0 Å². The minimum Gasteiger partial charge on any atom is -0.290 e. The molecule has 0 aromatic carbocycles. The summed E-state index contributed by atoms with van der Waals surface area (Å²) < 4.78 is 26.5. The molecule has 0 bridgehead atoms. The Bertz CT molecular complexity index is 172. The maximum Gasteiger partial charge on any atom is 0.474 e. The standard InChI is InChI=1S/C9H21O4P/c1-4-6-7-9-13-14(10,11-3)12-8-5-2/h4-9H2,1-3H3. The molecule has 0 radical (unpaired) electrons. The summed E-state index contributed by atoms with van der Waals surface area (Å²) in [5, 5.41) is 0. The van der Waals surface area contributed by atoms with Crippen molar-refractivity contribution in [2.24, 2.45) is 0 Å². The van der Waals surface area contributed by atoms with E-state index < -0.39 is 7.82 Å². The number of rotatable bonds is 9. The Labute approximate surface area is 86.5 Å². The first-order valence-electron chi connectivity index (χ1n) is 5.13. The predicted octanol–water partition coefficient (Wildman–Crippen LogP) is 3.37. The molecule has 1 unspecified atom stereocenters. The van der Waals surface area contributed by atoms with Crippen LogP contribution in [0.5, 0.6) is 0 Å². The van der Waals surface area contributed by atoms with Gasteiger partial charge >= 0.3 is 7.82 Å². The molecule has 0 aromatic rings. The van der Waals surface area contributed by atoms with E-state index in [1.807, 2.05) is 6.92 Å². The molecule has 0 saturated heterocycles. The first-order valence-corrected chi connectivity index (χ1v) is 6.59. The maximum absolute atomic E-state index is 11.6. The number of hydrogen-bond acceptors (Lipinski definition) is 4. The quantitative estimate of drug-likeness (QED) is 0.445. The molecule has 0 aliphatic rings. The van der Waals surface area contributed by atoms with E-state index in [1.54, 1.807) is 0 Å². The average molecular weight is 224 g/mol. The van der Waals surface area contributed by atoms with Crippen LogP contribution in [0, 0.1) is 0 Å². The van der Waals surface area contributed by atoms with Crippen molar-refractivity contribution in [2.75, 3.05) is 20.3 Å². The van der Waals surface area contributed by atoms with Gasteiger partial charge in [0, 0.05) is 7.11 Å². The van der Waals surface area contributed by atoms with Gasteiger partial charge < -0.3 is 0 Å². The fourth-order valence-corrected chi connectivity index (χ4v) is 1.92. The van der Waals surface area contributed by atoms with Crippen LogP contribution >= 0.6 is 7.82 Å². The lowest BCUT2D eigenvalue weighted by Crippen LogP contribution is -2.00. The van der Waals surface area contributed by atoms with Crippen LogP contribution in [0.4, 0.5) is 0 Å². The summed E-state index contributed by atoms with van der Waals surface area (Å²) in [4.78, 5) is 0. The van der Waals surface area contributed by atoms with Gasteiger partial charge in [0.25, 0.3) is 0 Å². The van der Waals surface area contributed by atoms with E-state index in [1.165, 1.54) is 7.11 Å². The van der Waals surface area contributed by atoms with Gasteiger partial charge in [0.05, 0.1) is 13.2 Å². The highest BCUT2D eigenvalue weighted by Gasteiger charge is 2.23. The average Bonchev–Trinajstić information content (AvgIpc) is 2.22. The molecule has 0 N–H and O–H groups in total. The summed E-state index contributed by atoms with van der Waals surface area (Å²) >= 11 is 0. The highest BCUT2D eigenvalue weighted by molar-refractivity contribution is 7.48. The third-order valence-corrected chi connectivity index (χ3v) is 3.12. The monoisotopic (exact) mass is 224 g/mol. The summed E-state index contributed by atoms with van der Waals surface area (Å²) in [6.07, 6.45) is 3.86. The van der Waals surface area contributed by atoms with Crippen molar-refractivity contribution >= 4 is 7.82 Å². The molecule has 0 heterocycles. The van der Waals surface area contributed by atoms with E-state index in [4.69, 9.17) is 13.6 Å². The number of phosphoric acid groups is 1. The van der Waals surface area contributed by atoms with Crippen LogP contribution in [0.25, 0.3) is 0 Å². The SMILES string of the molecule is CCCCCOP(=O)(OC)OCCC. The van der Waals surface area contributed by atoms with E-state index in [2.05, 4.69) is 6.92 Å². The van der Waals surface area contributed by atoms with E-state index in [9.17, 15) is 4.57 Å². The minimum atomic E-state index is -3.26. The number of unbranched alkanes of at least 4 members (excludes halogenated alkanes) is 2. The zero-order chi connectivity index (χ0) is 10.9. The van der Waals surface area contributed by atoms with Crippen molar-refractivity contribution in [2.45, 2.75) is 39.5 Å². The summed E-state index contributed by atoms with van der Waals surface area (Å²) in [6.45, 7) is 4.88. The minimum absolute atomic E-state index is 0.402. The molecule has 0 spiro atoms. The summed E-state index contributed by atoms with van der Waals surface area (Å²) in [6, 6.07) is 0. The third-order valence-electron chi connectivity index (χ3n) is 1.67. The Kier molecular flexibility index (Phi) is 8.49. The van der Waals surface area contributed by atoms with Gasteiger partial charge in [-0.3, -0.25) is 13.6 Å². The van der Waals surface area contributed by atoms with E-state index in [0.717, 1.165) is 25.7 Å². The van der Waals surface area contributed by atoms with Crippen molar-refractivity contribution in [3.63, 3.8) is 0 Å². The molecule has 1 atom stereocenters. The van der Waals surface area contributed by atoms with Crippen LogP contribution in [-0.2, 0) is 18.1 Å². The Balaban J connectivity index is 3.69. The first kappa shape index (κ1) is 14.1. The second-order valence-corrected chi connectivity index (χ2v) is 4.78. The predicted molar refractivity (Wildman–Crippen MR) is 56.3 cm³/mol. The second-order valence-electron chi connectivity index (χ2n) is 3.00. The van der Waals surface area contributed by atoms with Crippen molar-refractivity contribution in [3.05, 3.63) is 0 Å². The van der Waals surface area contributed by atoms with E-state index in [-0.39, 0.29) is 0 Å². The largest absolute Gasteiger partial charge is 0.474 e. The maximum atomic E-state index is 11.6. The lowest BCUT2D eigenvalue weighted by Gasteiger charge is -2.15. The van der Waals surface area contributed by atoms with Crippen LogP contribution in [0.1, 0.15) is 39.5 Å². The second kappa shape index (κ2) is 8.42. The normalized spacial score (nSPS) is 15.4. The molecule has 5 heteroatoms. The van der Waals surface area contributed by atoms with Gasteiger partial charge in [0.2, 0.25) is 0 Å². The van der Waals surface area contributed by atoms with Crippen molar-refractivity contribution < 1.29 is 18.1 Å². The van der Waals surface area contributed by atoms with Gasteiger partial charge in [-0.15, -0.1) is 0 Å². The summed E-state index contributed by atoms with van der Waals surface area (Å²) in [5.74, 6) is 0. The highest BCUT2D eigenvalue weighted by atomic mass is 31.2. The Morgan fingerprint density at radius 2 is 1.64 bits per heavy atom. The van der Waals surface area contributed by atoms with Gasteiger partial charge in [-0.25, -0.2) is 4.57 Å². The fraction of sp³-hybridized carbons (Fsp3) is 1.00. The van der Waals surface area contributed by atoms with Crippen molar-refractivity contribution in [1.82, 2.24) is 0 Å².